The van der Waals surface area contributed by atoms with Gasteiger partial charge >= 0.3 is 17.9 Å². The zero-order valence-corrected chi connectivity index (χ0v) is 14.2. The van der Waals surface area contributed by atoms with E-state index in [0.717, 1.165) is 0 Å². The van der Waals surface area contributed by atoms with Gasteiger partial charge in [-0.25, -0.2) is 4.79 Å². The molecule has 0 bridgehead atoms. The molecular weight excluding hydrogens is 352 g/mol. The van der Waals surface area contributed by atoms with Crippen molar-refractivity contribution >= 4 is 29.5 Å². The molecule has 4 atom stereocenters. The number of rotatable bonds is 4. The minimum Gasteiger partial charge on any atom is -0.452 e. The number of esters is 3. The molecule has 1 saturated heterocycles. The van der Waals surface area contributed by atoms with Crippen LogP contribution in [0.25, 0.3) is 0 Å². The normalized spacial score (nSPS) is 24.6. The molecule has 8 heteroatoms. The zero-order chi connectivity index (χ0) is 18.4. The number of ether oxygens (including phenoxy) is 4. The maximum Gasteiger partial charge on any atom is 0.338 e. The summed E-state index contributed by atoms with van der Waals surface area (Å²) in [5.41, 5.74) is 0.289. The van der Waals surface area contributed by atoms with Gasteiger partial charge in [0.2, 0.25) is 12.4 Å². The molecule has 0 N–H and O–H groups in total. The van der Waals surface area contributed by atoms with Gasteiger partial charge in [0.25, 0.3) is 0 Å². The minimum absolute atomic E-state index is 0.289. The van der Waals surface area contributed by atoms with Crippen LogP contribution in [0.15, 0.2) is 30.3 Å². The van der Waals surface area contributed by atoms with Crippen LogP contribution in [0.3, 0.4) is 0 Å². The van der Waals surface area contributed by atoms with Gasteiger partial charge in [0.15, 0.2) is 12.2 Å². The fourth-order valence-electron chi connectivity index (χ4n) is 2.26. The Labute approximate surface area is 149 Å². The van der Waals surface area contributed by atoms with Crippen LogP contribution in [-0.4, -0.2) is 42.5 Å². The molecule has 132 valence electrons. The predicted octanol–water partition coefficient (Wildman–Crippen LogP) is 1.63. The molecule has 0 unspecified atom stereocenters. The van der Waals surface area contributed by atoms with E-state index < -0.39 is 42.5 Å². The highest BCUT2D eigenvalue weighted by molar-refractivity contribution is 6.30. The maximum atomic E-state index is 12.3. The van der Waals surface area contributed by atoms with Gasteiger partial charge in [-0.1, -0.05) is 18.2 Å². The molecule has 1 aliphatic heterocycles. The van der Waals surface area contributed by atoms with Crippen molar-refractivity contribution in [3.8, 4) is 11.3 Å². The van der Waals surface area contributed by atoms with Gasteiger partial charge < -0.3 is 18.9 Å². The highest BCUT2D eigenvalue weighted by Crippen LogP contribution is 2.28. The number of benzene rings is 1. The minimum atomic E-state index is -1.27. The van der Waals surface area contributed by atoms with Crippen LogP contribution < -0.4 is 0 Å². The molecule has 0 radical (unpaired) electrons. The molecule has 25 heavy (non-hydrogen) atoms. The summed E-state index contributed by atoms with van der Waals surface area (Å²) in [4.78, 5) is 34.9. The Bertz CT molecular complexity index is 707. The molecule has 0 saturated carbocycles. The SMILES string of the molecule is CC(=O)O[C@@H]1O[C@H](C#CCl)[C@@H](OC(=O)c2ccccc2)[C@H]1OC(C)=O. The molecule has 1 aromatic rings. The standard InChI is InChI=1S/C17H15ClO7/c1-10(19)22-15-14(25-16(21)12-6-4-3-5-7-12)13(8-9-18)24-17(15)23-11(2)20/h3-7,13-15,17H,1-2H3/t13-,14-,15-,17-/m1/s1. The lowest BCUT2D eigenvalue weighted by atomic mass is 10.1. The summed E-state index contributed by atoms with van der Waals surface area (Å²) in [6.45, 7) is 2.33. The largest absolute Gasteiger partial charge is 0.452 e. The van der Waals surface area contributed by atoms with Crippen LogP contribution in [0, 0.1) is 11.3 Å². The lowest BCUT2D eigenvalue weighted by Gasteiger charge is -2.22. The van der Waals surface area contributed by atoms with E-state index in [2.05, 4.69) is 11.3 Å². The smallest absolute Gasteiger partial charge is 0.338 e. The number of hydrogen-bond donors (Lipinski definition) is 0. The Balaban J connectivity index is 2.26. The molecule has 0 amide bonds. The summed E-state index contributed by atoms with van der Waals surface area (Å²) < 4.78 is 20.9. The van der Waals surface area contributed by atoms with Gasteiger partial charge in [0, 0.05) is 19.2 Å². The van der Waals surface area contributed by atoms with Gasteiger partial charge in [-0.3, -0.25) is 9.59 Å². The van der Waals surface area contributed by atoms with Crippen molar-refractivity contribution < 1.29 is 33.3 Å². The molecule has 1 aliphatic rings. The third kappa shape index (κ3) is 4.95. The Morgan fingerprint density at radius 2 is 1.64 bits per heavy atom. The monoisotopic (exact) mass is 366 g/mol. The second-order valence-electron chi connectivity index (χ2n) is 5.08. The van der Waals surface area contributed by atoms with Crippen molar-refractivity contribution in [2.45, 2.75) is 38.4 Å². The van der Waals surface area contributed by atoms with Gasteiger partial charge in [-0.15, -0.1) is 0 Å². The average molecular weight is 367 g/mol. The molecule has 1 aromatic carbocycles. The summed E-state index contributed by atoms with van der Waals surface area (Å²) in [6, 6.07) is 8.21. The van der Waals surface area contributed by atoms with Gasteiger partial charge in [0.05, 0.1) is 5.56 Å². The van der Waals surface area contributed by atoms with E-state index >= 15 is 0 Å². The number of carbonyl (C=O) groups is 3. The van der Waals surface area contributed by atoms with Crippen LogP contribution in [-0.2, 0) is 28.5 Å². The maximum absolute atomic E-state index is 12.3. The summed E-state index contributed by atoms with van der Waals surface area (Å²) in [6.07, 6.45) is -4.58. The topological polar surface area (TPSA) is 88.1 Å². The second-order valence-corrected chi connectivity index (χ2v) is 5.27. The molecule has 7 nitrogen and oxygen atoms in total. The van der Waals surface area contributed by atoms with E-state index in [0.29, 0.717) is 0 Å². The highest BCUT2D eigenvalue weighted by atomic mass is 35.5. The van der Waals surface area contributed by atoms with E-state index in [1.165, 1.54) is 13.8 Å². The lowest BCUT2D eigenvalue weighted by Crippen LogP contribution is -2.41. The summed E-state index contributed by atoms with van der Waals surface area (Å²) in [5.74, 6) is 0.502. The first-order valence-corrected chi connectivity index (χ1v) is 7.67. The third-order valence-corrected chi connectivity index (χ3v) is 3.31. The van der Waals surface area contributed by atoms with Gasteiger partial charge in [0.1, 0.15) is 0 Å². The molecule has 1 fully saturated rings. The average Bonchev–Trinajstić information content (AvgIpc) is 2.84. The molecular formula is C17H15ClO7. The lowest BCUT2D eigenvalue weighted by molar-refractivity contribution is -0.193. The number of hydrogen-bond acceptors (Lipinski definition) is 7. The van der Waals surface area contributed by atoms with Crippen LogP contribution in [0.1, 0.15) is 24.2 Å². The fraction of sp³-hybridized carbons (Fsp3) is 0.353. The van der Waals surface area contributed by atoms with Crippen molar-refractivity contribution in [3.63, 3.8) is 0 Å². The summed E-state index contributed by atoms with van der Waals surface area (Å²) in [7, 11) is 0. The first-order chi connectivity index (χ1) is 11.9. The van der Waals surface area contributed by atoms with Crippen LogP contribution in [0.2, 0.25) is 0 Å². The van der Waals surface area contributed by atoms with E-state index in [1.54, 1.807) is 30.3 Å². The van der Waals surface area contributed by atoms with E-state index in [1.807, 2.05) is 0 Å². The highest BCUT2D eigenvalue weighted by Gasteiger charge is 2.51. The van der Waals surface area contributed by atoms with Crippen molar-refractivity contribution in [2.75, 3.05) is 0 Å². The van der Waals surface area contributed by atoms with Crippen molar-refractivity contribution in [3.05, 3.63) is 35.9 Å². The van der Waals surface area contributed by atoms with Crippen molar-refractivity contribution in [1.82, 2.24) is 0 Å². The quantitative estimate of drug-likeness (QED) is 0.454. The predicted molar refractivity (Wildman–Crippen MR) is 85.3 cm³/mol. The van der Waals surface area contributed by atoms with Crippen LogP contribution >= 0.6 is 11.6 Å². The Morgan fingerprint density at radius 3 is 2.20 bits per heavy atom. The van der Waals surface area contributed by atoms with Gasteiger partial charge in [-0.2, -0.15) is 0 Å². The van der Waals surface area contributed by atoms with E-state index in [9.17, 15) is 14.4 Å². The zero-order valence-electron chi connectivity index (χ0n) is 13.4. The fourth-order valence-corrected chi connectivity index (χ4v) is 2.37. The van der Waals surface area contributed by atoms with Crippen molar-refractivity contribution in [1.29, 1.82) is 0 Å². The molecule has 0 spiro atoms. The number of halogens is 1. The van der Waals surface area contributed by atoms with Crippen molar-refractivity contribution in [2.24, 2.45) is 0 Å². The van der Waals surface area contributed by atoms with E-state index in [-0.39, 0.29) is 5.56 Å². The van der Waals surface area contributed by atoms with Crippen LogP contribution in [0.5, 0.6) is 0 Å². The Kier molecular flexibility index (Phi) is 6.39. The second kappa shape index (κ2) is 8.51. The Morgan fingerprint density at radius 1 is 1.00 bits per heavy atom. The first-order valence-electron chi connectivity index (χ1n) is 7.29. The third-order valence-electron chi connectivity index (χ3n) is 3.20. The molecule has 1 heterocycles. The van der Waals surface area contributed by atoms with Crippen LogP contribution in [0.4, 0.5) is 0 Å². The first kappa shape index (κ1) is 18.8. The molecule has 0 aliphatic carbocycles. The molecule has 0 aromatic heterocycles. The van der Waals surface area contributed by atoms with Gasteiger partial charge in [-0.05, 0) is 29.7 Å². The van der Waals surface area contributed by atoms with E-state index in [4.69, 9.17) is 30.5 Å². The summed E-state index contributed by atoms with van der Waals surface area (Å²) in [5, 5.41) is 2.13. The number of carbonyl (C=O) groups excluding carboxylic acids is 3. The Hall–Kier alpha value is -2.56. The molecule has 2 rings (SSSR count). The summed E-state index contributed by atoms with van der Waals surface area (Å²) >= 11 is 5.41.